The van der Waals surface area contributed by atoms with E-state index in [-0.39, 0.29) is 18.0 Å². The number of benzene rings is 2. The van der Waals surface area contributed by atoms with Gasteiger partial charge in [0, 0.05) is 26.1 Å². The van der Waals surface area contributed by atoms with Crippen LogP contribution in [0, 0.1) is 0 Å². The molecule has 0 aliphatic carbocycles. The zero-order valence-corrected chi connectivity index (χ0v) is 17.6. The third kappa shape index (κ3) is 4.58. The maximum absolute atomic E-state index is 12.8. The molecular weight excluding hydrogens is 392 g/mol. The largest absolute Gasteiger partial charge is 0.352 e. The third-order valence-corrected chi connectivity index (χ3v) is 5.33. The predicted octanol–water partition coefficient (Wildman–Crippen LogP) is 2.56. The van der Waals surface area contributed by atoms with Crippen molar-refractivity contribution in [3.8, 4) is 0 Å². The van der Waals surface area contributed by atoms with Crippen molar-refractivity contribution in [2.45, 2.75) is 45.9 Å². The van der Waals surface area contributed by atoms with Gasteiger partial charge in [-0.25, -0.2) is 14.5 Å². The zero-order valence-electron chi connectivity index (χ0n) is 17.6. The van der Waals surface area contributed by atoms with Crippen molar-refractivity contribution in [2.75, 3.05) is 0 Å². The van der Waals surface area contributed by atoms with Gasteiger partial charge >= 0.3 is 5.69 Å². The van der Waals surface area contributed by atoms with E-state index in [4.69, 9.17) is 0 Å². The van der Waals surface area contributed by atoms with E-state index >= 15 is 0 Å². The lowest BCUT2D eigenvalue weighted by Crippen LogP contribution is -2.28. The summed E-state index contributed by atoms with van der Waals surface area (Å²) in [6.07, 6.45) is 4.29. The summed E-state index contributed by atoms with van der Waals surface area (Å²) in [5, 5.41) is 7.13. The Balaban J connectivity index is 1.41. The van der Waals surface area contributed by atoms with E-state index < -0.39 is 0 Å². The zero-order chi connectivity index (χ0) is 21.6. The molecule has 0 fully saturated rings. The molecule has 8 heteroatoms. The molecule has 0 atom stereocenters. The van der Waals surface area contributed by atoms with Crippen LogP contribution in [0.15, 0.2) is 66.0 Å². The Morgan fingerprint density at radius 2 is 1.65 bits per heavy atom. The van der Waals surface area contributed by atoms with Crippen molar-refractivity contribution in [1.29, 1.82) is 0 Å². The molecule has 1 N–H and O–H groups in total. The Morgan fingerprint density at radius 3 is 2.32 bits per heavy atom. The number of nitrogens with zero attached hydrogens (tertiary/aromatic N) is 5. The second-order valence-corrected chi connectivity index (χ2v) is 7.46. The average molecular weight is 419 g/mol. The lowest BCUT2D eigenvalue weighted by Gasteiger charge is -2.11. The Kier molecular flexibility index (Phi) is 6.26. The van der Waals surface area contributed by atoms with E-state index in [9.17, 15) is 9.59 Å². The summed E-state index contributed by atoms with van der Waals surface area (Å²) in [4.78, 5) is 29.4. The summed E-state index contributed by atoms with van der Waals surface area (Å²) in [6, 6.07) is 15.7. The van der Waals surface area contributed by atoms with Gasteiger partial charge in [0.05, 0.1) is 17.6 Å². The lowest BCUT2D eigenvalue weighted by atomic mass is 10.1. The van der Waals surface area contributed by atoms with Gasteiger partial charge in [-0.05, 0) is 29.7 Å². The molecular formula is C23H26N6O2. The molecule has 2 heterocycles. The van der Waals surface area contributed by atoms with E-state index in [2.05, 4.69) is 15.4 Å². The predicted molar refractivity (Wildman–Crippen MR) is 119 cm³/mol. The Labute approximate surface area is 180 Å². The molecule has 0 radical (unpaired) electrons. The van der Waals surface area contributed by atoms with Gasteiger partial charge in [0.1, 0.15) is 12.7 Å². The first-order valence-electron chi connectivity index (χ1n) is 10.5. The van der Waals surface area contributed by atoms with Gasteiger partial charge in [0.15, 0.2) is 0 Å². The van der Waals surface area contributed by atoms with Crippen molar-refractivity contribution in [3.05, 3.63) is 82.8 Å². The highest BCUT2D eigenvalue weighted by Crippen LogP contribution is 2.14. The van der Waals surface area contributed by atoms with Gasteiger partial charge in [-0.1, -0.05) is 43.3 Å². The number of rotatable bonds is 9. The van der Waals surface area contributed by atoms with Crippen LogP contribution in [0.3, 0.4) is 0 Å². The topological polar surface area (TPSA) is 86.7 Å². The first kappa shape index (κ1) is 20.6. The number of carbonyl (C=O) groups excluding carboxylic acids is 1. The molecule has 1 amide bonds. The molecule has 31 heavy (non-hydrogen) atoms. The maximum atomic E-state index is 12.8. The first-order valence-corrected chi connectivity index (χ1v) is 10.5. The second kappa shape index (κ2) is 9.42. The van der Waals surface area contributed by atoms with Crippen molar-refractivity contribution in [1.82, 2.24) is 29.2 Å². The molecule has 2 aromatic heterocycles. The molecule has 0 unspecified atom stereocenters. The van der Waals surface area contributed by atoms with E-state index in [1.807, 2.05) is 55.5 Å². The molecule has 4 aromatic rings. The average Bonchev–Trinajstić information content (AvgIpc) is 3.39. The van der Waals surface area contributed by atoms with E-state index in [1.54, 1.807) is 20.1 Å². The molecule has 0 bridgehead atoms. The van der Waals surface area contributed by atoms with Crippen LogP contribution in [0.4, 0.5) is 0 Å². The van der Waals surface area contributed by atoms with E-state index in [0.29, 0.717) is 26.2 Å². The van der Waals surface area contributed by atoms with Crippen molar-refractivity contribution >= 4 is 16.9 Å². The molecule has 0 aliphatic rings. The van der Waals surface area contributed by atoms with Crippen LogP contribution in [-0.4, -0.2) is 29.8 Å². The molecule has 0 spiro atoms. The number of para-hydroxylation sites is 2. The molecule has 8 nitrogen and oxygen atoms in total. The fourth-order valence-electron chi connectivity index (χ4n) is 3.80. The number of aryl methyl sites for hydroxylation is 2. The number of hydrogen-bond acceptors (Lipinski definition) is 4. The Bertz CT molecular complexity index is 1220. The maximum Gasteiger partial charge on any atom is 0.329 e. The molecule has 160 valence electrons. The van der Waals surface area contributed by atoms with Gasteiger partial charge in [-0.15, -0.1) is 0 Å². The monoisotopic (exact) mass is 418 g/mol. The van der Waals surface area contributed by atoms with Crippen LogP contribution in [0.25, 0.3) is 11.0 Å². The van der Waals surface area contributed by atoms with E-state index in [0.717, 1.165) is 28.6 Å². The third-order valence-electron chi connectivity index (χ3n) is 5.33. The van der Waals surface area contributed by atoms with E-state index in [1.165, 1.54) is 6.33 Å². The van der Waals surface area contributed by atoms with Gasteiger partial charge in [0.25, 0.3) is 0 Å². The fraction of sp³-hybridized carbons (Fsp3) is 0.304. The molecule has 4 rings (SSSR count). The van der Waals surface area contributed by atoms with Crippen LogP contribution in [0.5, 0.6) is 0 Å². The smallest absolute Gasteiger partial charge is 0.329 e. The molecule has 0 aliphatic heterocycles. The van der Waals surface area contributed by atoms with Crippen LogP contribution in [0.2, 0.25) is 0 Å². The number of carbonyl (C=O) groups is 1. The number of aromatic nitrogens is 5. The summed E-state index contributed by atoms with van der Waals surface area (Å²) in [7, 11) is 0. The standard InChI is InChI=1S/C23H26N6O2/c1-2-12-28-20-9-5-6-10-21(20)29(23(28)31)13-11-22(30)25-14-18-7-3-4-8-19(18)15-27-17-24-16-26-27/h3-10,16-17H,2,11-15H2,1H3,(H,25,30). The number of amides is 1. The minimum absolute atomic E-state index is 0.0611. The Hall–Kier alpha value is -3.68. The van der Waals surface area contributed by atoms with Gasteiger partial charge < -0.3 is 5.32 Å². The highest BCUT2D eigenvalue weighted by Gasteiger charge is 2.13. The number of imidazole rings is 1. The minimum atomic E-state index is -0.0882. The number of fused-ring (bicyclic) bond motifs is 1. The summed E-state index contributed by atoms with van der Waals surface area (Å²) in [6.45, 7) is 4.09. The second-order valence-electron chi connectivity index (χ2n) is 7.46. The van der Waals surface area contributed by atoms with Crippen LogP contribution >= 0.6 is 0 Å². The number of nitrogens with one attached hydrogen (secondary N) is 1. The van der Waals surface area contributed by atoms with Crippen molar-refractivity contribution in [2.24, 2.45) is 0 Å². The van der Waals surface area contributed by atoms with Crippen LogP contribution in [0.1, 0.15) is 30.9 Å². The van der Waals surface area contributed by atoms with Crippen molar-refractivity contribution in [3.63, 3.8) is 0 Å². The molecule has 0 saturated carbocycles. The minimum Gasteiger partial charge on any atom is -0.352 e. The van der Waals surface area contributed by atoms with Crippen LogP contribution in [-0.2, 0) is 31.0 Å². The summed E-state index contributed by atoms with van der Waals surface area (Å²) >= 11 is 0. The number of hydrogen-bond donors (Lipinski definition) is 1. The van der Waals surface area contributed by atoms with Gasteiger partial charge in [-0.3, -0.25) is 13.9 Å². The normalized spacial score (nSPS) is 11.1. The summed E-state index contributed by atoms with van der Waals surface area (Å²) in [5.41, 5.74) is 3.83. The quantitative estimate of drug-likeness (QED) is 0.453. The molecule has 2 aromatic carbocycles. The van der Waals surface area contributed by atoms with Gasteiger partial charge in [0.2, 0.25) is 5.91 Å². The summed E-state index contributed by atoms with van der Waals surface area (Å²) in [5.74, 6) is -0.0882. The highest BCUT2D eigenvalue weighted by molar-refractivity contribution is 5.78. The lowest BCUT2D eigenvalue weighted by molar-refractivity contribution is -0.121. The Morgan fingerprint density at radius 1 is 0.968 bits per heavy atom. The summed E-state index contributed by atoms with van der Waals surface area (Å²) < 4.78 is 5.23. The SMILES string of the molecule is CCCn1c(=O)n(CCC(=O)NCc2ccccc2Cn2cncn2)c2ccccc21. The van der Waals surface area contributed by atoms with Crippen LogP contribution < -0.4 is 11.0 Å². The molecule has 0 saturated heterocycles. The first-order chi connectivity index (χ1) is 15.2. The fourth-order valence-corrected chi connectivity index (χ4v) is 3.80. The van der Waals surface area contributed by atoms with Crippen molar-refractivity contribution < 1.29 is 4.79 Å². The van der Waals surface area contributed by atoms with Gasteiger partial charge in [-0.2, -0.15) is 5.10 Å². The highest BCUT2D eigenvalue weighted by atomic mass is 16.2.